The molecule has 0 aliphatic carbocycles. The van der Waals surface area contributed by atoms with E-state index < -0.39 is 0 Å². The van der Waals surface area contributed by atoms with Gasteiger partial charge in [-0.15, -0.1) is 0 Å². The second kappa shape index (κ2) is 7.57. The molecule has 1 aliphatic heterocycles. The molecule has 4 nitrogen and oxygen atoms in total. The lowest BCUT2D eigenvalue weighted by Gasteiger charge is -2.26. The zero-order valence-electron chi connectivity index (χ0n) is 13.0. The average molecular weight is 305 g/mol. The number of rotatable bonds is 3. The summed E-state index contributed by atoms with van der Waals surface area (Å²) in [4.78, 5) is 18.1. The predicted octanol–water partition coefficient (Wildman–Crippen LogP) is 1.87. The van der Waals surface area contributed by atoms with Gasteiger partial charge in [-0.2, -0.15) is 0 Å². The highest BCUT2D eigenvalue weighted by molar-refractivity contribution is 5.93. The quantitative estimate of drug-likeness (QED) is 0.881. The van der Waals surface area contributed by atoms with Gasteiger partial charge in [-0.05, 0) is 29.7 Å². The van der Waals surface area contributed by atoms with Gasteiger partial charge in [0.05, 0.1) is 18.7 Å². The molecular weight excluding hydrogens is 286 g/mol. The molecule has 0 atom stereocenters. The molecule has 2 heterocycles. The van der Waals surface area contributed by atoms with Crippen molar-refractivity contribution in [1.82, 2.24) is 15.2 Å². The van der Waals surface area contributed by atoms with E-state index in [1.807, 2.05) is 0 Å². The molecule has 0 saturated carbocycles. The number of benzene rings is 1. The molecule has 0 saturated heterocycles. The zero-order valence-corrected chi connectivity index (χ0v) is 13.0. The van der Waals surface area contributed by atoms with Gasteiger partial charge in [0.25, 0.3) is 5.91 Å². The Morgan fingerprint density at radius 3 is 2.87 bits per heavy atom. The summed E-state index contributed by atoms with van der Waals surface area (Å²) < 4.78 is 0. The Labute approximate surface area is 136 Å². The first kappa shape index (κ1) is 15.3. The third-order valence-electron chi connectivity index (χ3n) is 3.90. The van der Waals surface area contributed by atoms with Gasteiger partial charge in [0.15, 0.2) is 0 Å². The van der Waals surface area contributed by atoms with Gasteiger partial charge < -0.3 is 5.32 Å². The summed E-state index contributed by atoms with van der Waals surface area (Å²) in [7, 11) is 0. The minimum atomic E-state index is -0.140. The standard InChI is InChI=1S/C19H19N3O/c23-19(17-8-5-10-20-14-17)21-11-3-4-12-22-13-9-16-6-1-2-7-18(16)15-22/h1-2,5-8,10,14H,9,11-13,15H2,(H,21,23). The van der Waals surface area contributed by atoms with Crippen molar-refractivity contribution in [2.75, 3.05) is 19.6 Å². The van der Waals surface area contributed by atoms with Crippen LogP contribution in [0, 0.1) is 11.8 Å². The SMILES string of the molecule is O=C(NCC#CCN1CCc2ccccc2C1)c1cccnc1. The largest absolute Gasteiger partial charge is 0.341 e. The molecule has 2 aromatic rings. The van der Waals surface area contributed by atoms with Gasteiger partial charge in [-0.3, -0.25) is 14.7 Å². The molecule has 1 aliphatic rings. The van der Waals surface area contributed by atoms with Gasteiger partial charge in [0.2, 0.25) is 0 Å². The Morgan fingerprint density at radius 2 is 2.04 bits per heavy atom. The second-order valence-electron chi connectivity index (χ2n) is 5.51. The third-order valence-corrected chi connectivity index (χ3v) is 3.90. The average Bonchev–Trinajstić information content (AvgIpc) is 2.62. The summed E-state index contributed by atoms with van der Waals surface area (Å²) in [6.07, 6.45) is 4.27. The number of hydrogen-bond acceptors (Lipinski definition) is 3. The minimum Gasteiger partial charge on any atom is -0.341 e. The van der Waals surface area contributed by atoms with E-state index in [1.54, 1.807) is 24.5 Å². The van der Waals surface area contributed by atoms with E-state index in [4.69, 9.17) is 0 Å². The van der Waals surface area contributed by atoms with Crippen LogP contribution in [-0.4, -0.2) is 35.4 Å². The summed E-state index contributed by atoms with van der Waals surface area (Å²) in [6.45, 7) is 3.08. The monoisotopic (exact) mass is 305 g/mol. The fourth-order valence-electron chi connectivity index (χ4n) is 2.64. The zero-order chi connectivity index (χ0) is 15.9. The third kappa shape index (κ3) is 4.18. The Balaban J connectivity index is 1.44. The molecule has 1 aromatic carbocycles. The molecule has 0 radical (unpaired) electrons. The number of pyridine rings is 1. The molecule has 3 rings (SSSR count). The van der Waals surface area contributed by atoms with E-state index in [2.05, 4.69) is 51.3 Å². The summed E-state index contributed by atoms with van der Waals surface area (Å²) in [5.74, 6) is 6.01. The van der Waals surface area contributed by atoms with Crippen molar-refractivity contribution in [2.45, 2.75) is 13.0 Å². The maximum atomic E-state index is 11.8. The molecule has 1 amide bonds. The van der Waals surface area contributed by atoms with Crippen LogP contribution in [0.15, 0.2) is 48.8 Å². The highest BCUT2D eigenvalue weighted by Crippen LogP contribution is 2.17. The molecule has 0 bridgehead atoms. The minimum absolute atomic E-state index is 0.140. The smallest absolute Gasteiger partial charge is 0.253 e. The van der Waals surface area contributed by atoms with Crippen LogP contribution >= 0.6 is 0 Å². The van der Waals surface area contributed by atoms with E-state index in [0.717, 1.165) is 26.1 Å². The van der Waals surface area contributed by atoms with Crippen molar-refractivity contribution in [3.05, 3.63) is 65.5 Å². The molecule has 4 heteroatoms. The van der Waals surface area contributed by atoms with Gasteiger partial charge in [0, 0.05) is 25.5 Å². The molecule has 116 valence electrons. The number of nitrogens with one attached hydrogen (secondary N) is 1. The van der Waals surface area contributed by atoms with Gasteiger partial charge in [-0.25, -0.2) is 0 Å². The van der Waals surface area contributed by atoms with Crippen molar-refractivity contribution in [2.24, 2.45) is 0 Å². The van der Waals surface area contributed by atoms with E-state index in [0.29, 0.717) is 12.1 Å². The van der Waals surface area contributed by atoms with Gasteiger partial charge in [-0.1, -0.05) is 36.1 Å². The van der Waals surface area contributed by atoms with Gasteiger partial charge in [0.1, 0.15) is 0 Å². The van der Waals surface area contributed by atoms with Crippen LogP contribution in [0.1, 0.15) is 21.5 Å². The van der Waals surface area contributed by atoms with E-state index in [-0.39, 0.29) is 5.91 Å². The lowest BCUT2D eigenvalue weighted by Crippen LogP contribution is -2.31. The maximum absolute atomic E-state index is 11.8. The Bertz CT molecular complexity index is 731. The number of carbonyl (C=O) groups excluding carboxylic acids is 1. The molecule has 1 N–H and O–H groups in total. The summed E-state index contributed by atoms with van der Waals surface area (Å²) >= 11 is 0. The molecular formula is C19H19N3O. The number of fused-ring (bicyclic) bond motifs is 1. The fourth-order valence-corrected chi connectivity index (χ4v) is 2.64. The Hall–Kier alpha value is -2.64. The predicted molar refractivity (Wildman–Crippen MR) is 89.8 cm³/mol. The summed E-state index contributed by atoms with van der Waals surface area (Å²) in [5, 5.41) is 2.78. The van der Waals surface area contributed by atoms with Crippen LogP contribution in [0.5, 0.6) is 0 Å². The van der Waals surface area contributed by atoms with Crippen LogP contribution in [-0.2, 0) is 13.0 Å². The van der Waals surface area contributed by atoms with E-state index in [1.165, 1.54) is 11.1 Å². The number of aromatic nitrogens is 1. The molecule has 0 fully saturated rings. The van der Waals surface area contributed by atoms with Crippen molar-refractivity contribution in [3.63, 3.8) is 0 Å². The van der Waals surface area contributed by atoms with Crippen molar-refractivity contribution in [3.8, 4) is 11.8 Å². The van der Waals surface area contributed by atoms with Crippen molar-refractivity contribution < 1.29 is 4.79 Å². The highest BCUT2D eigenvalue weighted by atomic mass is 16.1. The van der Waals surface area contributed by atoms with Crippen molar-refractivity contribution >= 4 is 5.91 Å². The summed E-state index contributed by atoms with van der Waals surface area (Å²) in [5.41, 5.74) is 3.40. The number of nitrogens with zero attached hydrogens (tertiary/aromatic N) is 2. The second-order valence-corrected chi connectivity index (χ2v) is 5.51. The van der Waals surface area contributed by atoms with Crippen LogP contribution in [0.4, 0.5) is 0 Å². The number of carbonyl (C=O) groups is 1. The first-order chi connectivity index (χ1) is 11.3. The van der Waals surface area contributed by atoms with Crippen molar-refractivity contribution in [1.29, 1.82) is 0 Å². The van der Waals surface area contributed by atoms with Crippen LogP contribution in [0.2, 0.25) is 0 Å². The highest BCUT2D eigenvalue weighted by Gasteiger charge is 2.14. The lowest BCUT2D eigenvalue weighted by molar-refractivity contribution is 0.0958. The van der Waals surface area contributed by atoms with Crippen LogP contribution in [0.3, 0.4) is 0 Å². The van der Waals surface area contributed by atoms with Crippen LogP contribution in [0.25, 0.3) is 0 Å². The Morgan fingerprint density at radius 1 is 1.17 bits per heavy atom. The van der Waals surface area contributed by atoms with Crippen LogP contribution < -0.4 is 5.32 Å². The molecule has 0 unspecified atom stereocenters. The molecule has 0 spiro atoms. The first-order valence-electron chi connectivity index (χ1n) is 7.76. The molecule has 1 aromatic heterocycles. The normalized spacial score (nSPS) is 13.6. The maximum Gasteiger partial charge on any atom is 0.253 e. The lowest BCUT2D eigenvalue weighted by atomic mass is 10.0. The first-order valence-corrected chi connectivity index (χ1v) is 7.76. The number of hydrogen-bond donors (Lipinski definition) is 1. The molecule has 23 heavy (non-hydrogen) atoms. The summed E-state index contributed by atoms with van der Waals surface area (Å²) in [6, 6.07) is 12.0. The van der Waals surface area contributed by atoms with E-state index in [9.17, 15) is 4.79 Å². The van der Waals surface area contributed by atoms with Gasteiger partial charge >= 0.3 is 0 Å². The topological polar surface area (TPSA) is 45.2 Å². The number of amides is 1. The Kier molecular flexibility index (Phi) is 5.02. The van der Waals surface area contributed by atoms with E-state index >= 15 is 0 Å². The fraction of sp³-hybridized carbons (Fsp3) is 0.263.